The Balaban J connectivity index is 1.83. The molecule has 0 aliphatic heterocycles. The highest BCUT2D eigenvalue weighted by atomic mass is 35.5. The first-order valence-electron chi connectivity index (χ1n) is 7.35. The summed E-state index contributed by atoms with van der Waals surface area (Å²) in [5, 5.41) is 9.07. The van der Waals surface area contributed by atoms with Gasteiger partial charge >= 0.3 is 6.03 Å². The molecule has 122 valence electrons. The molecule has 0 atom stereocenters. The van der Waals surface area contributed by atoms with Gasteiger partial charge in [0.2, 0.25) is 0 Å². The van der Waals surface area contributed by atoms with Crippen LogP contribution in [0.3, 0.4) is 0 Å². The SMILES string of the molecule is CCNC(=O)Nc1cnc2ccc(Nc3ccc(Cl)cc3)nc2n1. The first kappa shape index (κ1) is 15.9. The Labute approximate surface area is 143 Å². The van der Waals surface area contributed by atoms with E-state index in [1.807, 2.05) is 31.2 Å². The van der Waals surface area contributed by atoms with Gasteiger partial charge in [0.15, 0.2) is 11.5 Å². The summed E-state index contributed by atoms with van der Waals surface area (Å²) in [6.45, 7) is 2.36. The van der Waals surface area contributed by atoms with E-state index in [2.05, 4.69) is 30.9 Å². The molecule has 1 aromatic carbocycles. The van der Waals surface area contributed by atoms with E-state index in [-0.39, 0.29) is 6.03 Å². The highest BCUT2D eigenvalue weighted by molar-refractivity contribution is 6.30. The van der Waals surface area contributed by atoms with E-state index in [1.54, 1.807) is 12.1 Å². The Hall–Kier alpha value is -2.93. The van der Waals surface area contributed by atoms with E-state index >= 15 is 0 Å². The van der Waals surface area contributed by atoms with Crippen molar-refractivity contribution < 1.29 is 4.79 Å². The molecule has 7 nitrogen and oxygen atoms in total. The zero-order valence-electron chi connectivity index (χ0n) is 12.9. The van der Waals surface area contributed by atoms with E-state index in [0.29, 0.717) is 34.4 Å². The van der Waals surface area contributed by atoms with Crippen molar-refractivity contribution in [1.29, 1.82) is 0 Å². The van der Waals surface area contributed by atoms with E-state index < -0.39 is 0 Å². The van der Waals surface area contributed by atoms with Crippen LogP contribution in [-0.2, 0) is 0 Å². The second-order valence-electron chi connectivity index (χ2n) is 4.91. The van der Waals surface area contributed by atoms with E-state index in [1.165, 1.54) is 6.20 Å². The summed E-state index contributed by atoms with van der Waals surface area (Å²) < 4.78 is 0. The maximum absolute atomic E-state index is 11.6. The van der Waals surface area contributed by atoms with Crippen LogP contribution in [0.15, 0.2) is 42.6 Å². The Morgan fingerprint density at radius 3 is 2.58 bits per heavy atom. The number of aromatic nitrogens is 3. The molecule has 24 heavy (non-hydrogen) atoms. The zero-order valence-corrected chi connectivity index (χ0v) is 13.6. The van der Waals surface area contributed by atoms with Crippen LogP contribution in [0.25, 0.3) is 11.2 Å². The van der Waals surface area contributed by atoms with Gasteiger partial charge in [0.25, 0.3) is 0 Å². The van der Waals surface area contributed by atoms with Crippen molar-refractivity contribution in [2.45, 2.75) is 6.92 Å². The number of pyridine rings is 1. The second kappa shape index (κ2) is 7.10. The average Bonchev–Trinajstić information content (AvgIpc) is 2.57. The summed E-state index contributed by atoms with van der Waals surface area (Å²) in [6, 6.07) is 10.6. The number of nitrogens with one attached hydrogen (secondary N) is 3. The fraction of sp³-hybridized carbons (Fsp3) is 0.125. The highest BCUT2D eigenvalue weighted by Gasteiger charge is 2.06. The van der Waals surface area contributed by atoms with E-state index in [9.17, 15) is 4.79 Å². The molecule has 2 amide bonds. The predicted octanol–water partition coefficient (Wildman–Crippen LogP) is 3.56. The molecular weight excluding hydrogens is 328 g/mol. The number of rotatable bonds is 4. The number of carbonyl (C=O) groups excluding carboxylic acids is 1. The molecule has 3 aromatic rings. The van der Waals surface area contributed by atoms with E-state index in [4.69, 9.17) is 11.6 Å². The molecule has 0 spiro atoms. The van der Waals surface area contributed by atoms with Crippen molar-refractivity contribution in [1.82, 2.24) is 20.3 Å². The number of fused-ring (bicyclic) bond motifs is 1. The lowest BCUT2D eigenvalue weighted by atomic mass is 10.3. The molecule has 2 heterocycles. The van der Waals surface area contributed by atoms with Gasteiger partial charge in [-0.3, -0.25) is 5.32 Å². The van der Waals surface area contributed by atoms with Crippen LogP contribution in [0, 0.1) is 0 Å². The van der Waals surface area contributed by atoms with Gasteiger partial charge < -0.3 is 10.6 Å². The molecule has 0 saturated heterocycles. The van der Waals surface area contributed by atoms with Crippen LogP contribution in [0.1, 0.15) is 6.92 Å². The summed E-state index contributed by atoms with van der Waals surface area (Å²) in [6.07, 6.45) is 1.49. The van der Waals surface area contributed by atoms with Gasteiger partial charge in [0, 0.05) is 17.3 Å². The lowest BCUT2D eigenvalue weighted by Gasteiger charge is -2.08. The molecule has 0 radical (unpaired) electrons. The molecule has 0 unspecified atom stereocenters. The van der Waals surface area contributed by atoms with Crippen LogP contribution >= 0.6 is 11.6 Å². The number of hydrogen-bond acceptors (Lipinski definition) is 5. The normalized spacial score (nSPS) is 10.4. The second-order valence-corrected chi connectivity index (χ2v) is 5.35. The van der Waals surface area contributed by atoms with Crippen molar-refractivity contribution in [3.05, 3.63) is 47.6 Å². The van der Waals surface area contributed by atoms with Crippen LogP contribution in [0.5, 0.6) is 0 Å². The third-order valence-electron chi connectivity index (χ3n) is 3.10. The third-order valence-corrected chi connectivity index (χ3v) is 3.35. The van der Waals surface area contributed by atoms with Gasteiger partial charge in [-0.2, -0.15) is 0 Å². The van der Waals surface area contributed by atoms with Gasteiger partial charge in [-0.25, -0.2) is 19.7 Å². The minimum absolute atomic E-state index is 0.332. The standard InChI is InChI=1S/C16H15ClN6O/c1-2-18-16(24)23-14-9-19-12-7-8-13(21-15(12)22-14)20-11-5-3-10(17)4-6-11/h3-9H,2H2,1H3,(H3,18,20,21,22,23,24). The van der Waals surface area contributed by atoms with Crippen molar-refractivity contribution in [2.24, 2.45) is 0 Å². The first-order chi connectivity index (χ1) is 11.6. The smallest absolute Gasteiger partial charge is 0.320 e. The Morgan fingerprint density at radius 1 is 1.08 bits per heavy atom. The van der Waals surface area contributed by atoms with Crippen LogP contribution in [0.2, 0.25) is 5.02 Å². The maximum Gasteiger partial charge on any atom is 0.320 e. The first-order valence-corrected chi connectivity index (χ1v) is 7.73. The van der Waals surface area contributed by atoms with Crippen molar-refractivity contribution in [2.75, 3.05) is 17.2 Å². The molecule has 0 aliphatic rings. The number of hydrogen-bond donors (Lipinski definition) is 3. The summed E-state index contributed by atoms with van der Waals surface area (Å²) >= 11 is 5.87. The zero-order chi connectivity index (χ0) is 16.9. The van der Waals surface area contributed by atoms with Gasteiger partial charge in [-0.05, 0) is 43.3 Å². The van der Waals surface area contributed by atoms with Crippen LogP contribution in [0.4, 0.5) is 22.1 Å². The average molecular weight is 343 g/mol. The fourth-order valence-corrected chi connectivity index (χ4v) is 2.16. The number of carbonyl (C=O) groups is 1. The van der Waals surface area contributed by atoms with E-state index in [0.717, 1.165) is 5.69 Å². The summed E-state index contributed by atoms with van der Waals surface area (Å²) in [7, 11) is 0. The van der Waals surface area contributed by atoms with Crippen molar-refractivity contribution in [3.8, 4) is 0 Å². The van der Waals surface area contributed by atoms with Crippen LogP contribution in [-0.4, -0.2) is 27.5 Å². The number of urea groups is 1. The monoisotopic (exact) mass is 342 g/mol. The molecule has 0 fully saturated rings. The Kier molecular flexibility index (Phi) is 4.72. The van der Waals surface area contributed by atoms with Gasteiger partial charge in [0.05, 0.1) is 6.20 Å². The molecule has 0 saturated carbocycles. The van der Waals surface area contributed by atoms with Gasteiger partial charge in [-0.15, -0.1) is 0 Å². The molecule has 3 N–H and O–H groups in total. The minimum atomic E-state index is -0.332. The molecule has 0 bridgehead atoms. The largest absolute Gasteiger partial charge is 0.340 e. The lowest BCUT2D eigenvalue weighted by Crippen LogP contribution is -2.28. The van der Waals surface area contributed by atoms with Crippen LogP contribution < -0.4 is 16.0 Å². The van der Waals surface area contributed by atoms with Gasteiger partial charge in [0.1, 0.15) is 11.3 Å². The topological polar surface area (TPSA) is 91.8 Å². The number of nitrogens with zero attached hydrogens (tertiary/aromatic N) is 3. The number of halogens is 1. The van der Waals surface area contributed by atoms with Crippen molar-refractivity contribution >= 4 is 46.1 Å². The minimum Gasteiger partial charge on any atom is -0.340 e. The Morgan fingerprint density at radius 2 is 1.83 bits per heavy atom. The third kappa shape index (κ3) is 3.88. The Bertz CT molecular complexity index is 868. The highest BCUT2D eigenvalue weighted by Crippen LogP contribution is 2.19. The fourth-order valence-electron chi connectivity index (χ4n) is 2.03. The summed E-state index contributed by atoms with van der Waals surface area (Å²) in [5.74, 6) is 0.957. The molecule has 3 rings (SSSR count). The number of anilines is 3. The molecule has 2 aromatic heterocycles. The molecule has 8 heteroatoms. The lowest BCUT2D eigenvalue weighted by molar-refractivity contribution is 0.252. The quantitative estimate of drug-likeness (QED) is 0.674. The number of amides is 2. The predicted molar refractivity (Wildman–Crippen MR) is 94.8 cm³/mol. The maximum atomic E-state index is 11.6. The van der Waals surface area contributed by atoms with Gasteiger partial charge in [-0.1, -0.05) is 11.6 Å². The summed E-state index contributed by atoms with van der Waals surface area (Å²) in [5.41, 5.74) is 1.93. The van der Waals surface area contributed by atoms with Crippen molar-refractivity contribution in [3.63, 3.8) is 0 Å². The molecule has 0 aliphatic carbocycles. The number of benzene rings is 1. The summed E-state index contributed by atoms with van der Waals surface area (Å²) in [4.78, 5) is 24.5. The molecular formula is C16H15ClN6O.